The maximum Gasteiger partial charge on any atom is 0.343 e. The number of ketones is 1. The predicted octanol–water partition coefficient (Wildman–Crippen LogP) is 5.19. The summed E-state index contributed by atoms with van der Waals surface area (Å²) in [4.78, 5) is 25.9. The lowest BCUT2D eigenvalue weighted by Gasteiger charge is -2.11. The average Bonchev–Trinajstić information content (AvgIpc) is 3.07. The number of hydrogen-bond donors (Lipinski definition) is 1. The molecule has 0 bridgehead atoms. The molecule has 0 saturated heterocycles. The van der Waals surface area contributed by atoms with Gasteiger partial charge in [-0.25, -0.2) is 4.79 Å². The molecule has 0 fully saturated rings. The molecule has 8 heteroatoms. The number of Topliss-reactive ketones (excluding diaryl/α,β-unsaturated/α-hetero) is 1. The molecule has 1 aliphatic heterocycles. The number of nitrogens with two attached hydrogens (primary N) is 1. The highest BCUT2D eigenvalue weighted by Gasteiger charge is 2.36. The van der Waals surface area contributed by atoms with Crippen LogP contribution in [0.1, 0.15) is 27.6 Å². The molecule has 0 radical (unpaired) electrons. The van der Waals surface area contributed by atoms with E-state index < -0.39 is 12.1 Å². The van der Waals surface area contributed by atoms with Gasteiger partial charge >= 0.3 is 5.97 Å². The lowest BCUT2D eigenvalue weighted by atomic mass is 9.95. The summed E-state index contributed by atoms with van der Waals surface area (Å²) in [7, 11) is 1.45. The maximum atomic E-state index is 13.1. The van der Waals surface area contributed by atoms with Crippen molar-refractivity contribution >= 4 is 40.5 Å². The number of carbonyl (C=O) groups excluding carboxylic acids is 2. The van der Waals surface area contributed by atoms with E-state index in [0.29, 0.717) is 26.9 Å². The lowest BCUT2D eigenvalue weighted by Crippen LogP contribution is -2.11. The molecule has 1 atom stereocenters. The summed E-state index contributed by atoms with van der Waals surface area (Å²) in [6, 6.07) is 18.1. The second-order valence-electron chi connectivity index (χ2n) is 6.96. The molecule has 1 unspecified atom stereocenters. The number of carbonyl (C=O) groups is 2. The quantitative estimate of drug-likeness (QED) is 0.408. The molecule has 4 rings (SSSR count). The van der Waals surface area contributed by atoms with Gasteiger partial charge in [0, 0.05) is 15.6 Å². The molecule has 6 nitrogen and oxygen atoms in total. The molecular weight excluding hydrogens is 453 g/mol. The summed E-state index contributed by atoms with van der Waals surface area (Å²) in [5.74, 6) is -0.510. The van der Waals surface area contributed by atoms with Crippen LogP contribution >= 0.6 is 23.2 Å². The number of rotatable bonds is 5. The smallest absolute Gasteiger partial charge is 0.343 e. The van der Waals surface area contributed by atoms with Crippen molar-refractivity contribution in [2.75, 3.05) is 7.11 Å². The molecule has 0 spiro atoms. The van der Waals surface area contributed by atoms with Crippen LogP contribution in [-0.2, 0) is 9.53 Å². The summed E-state index contributed by atoms with van der Waals surface area (Å²) in [6.07, 6.45) is -0.860. The molecule has 162 valence electrons. The fourth-order valence-corrected chi connectivity index (χ4v) is 3.86. The van der Waals surface area contributed by atoms with Gasteiger partial charge in [0.2, 0.25) is 5.78 Å². The van der Waals surface area contributed by atoms with Crippen molar-refractivity contribution < 1.29 is 23.8 Å². The number of halogens is 2. The zero-order chi connectivity index (χ0) is 22.8. The van der Waals surface area contributed by atoms with E-state index in [1.807, 2.05) is 18.2 Å². The van der Waals surface area contributed by atoms with Gasteiger partial charge in [0.1, 0.15) is 11.5 Å². The largest absolute Gasteiger partial charge is 0.497 e. The molecular formula is C24H17Cl2NO5. The van der Waals surface area contributed by atoms with Crippen LogP contribution < -0.4 is 15.2 Å². The molecule has 0 amide bonds. The number of methoxy groups -OCH3 is 1. The Morgan fingerprint density at radius 1 is 0.969 bits per heavy atom. The van der Waals surface area contributed by atoms with Crippen LogP contribution in [0.4, 0.5) is 0 Å². The Balaban J connectivity index is 1.67. The van der Waals surface area contributed by atoms with E-state index in [-0.39, 0.29) is 28.6 Å². The first kappa shape index (κ1) is 21.7. The van der Waals surface area contributed by atoms with Gasteiger partial charge in [-0.2, -0.15) is 0 Å². The standard InChI is InChI=1S/C24H17Cl2NO5/c1-30-18-8-14(20-21(28)22(32-23(20)27)13-5-3-2-4-6-13)7-15(9-18)24(29)31-19-11-16(25)10-17(26)12-19/h2-12,22H,27H2,1H3. The van der Waals surface area contributed by atoms with E-state index >= 15 is 0 Å². The van der Waals surface area contributed by atoms with E-state index in [2.05, 4.69) is 0 Å². The van der Waals surface area contributed by atoms with Gasteiger partial charge in [-0.3, -0.25) is 4.79 Å². The van der Waals surface area contributed by atoms with Crippen LogP contribution in [-0.4, -0.2) is 18.9 Å². The third-order valence-corrected chi connectivity index (χ3v) is 5.23. The fourth-order valence-electron chi connectivity index (χ4n) is 3.36. The van der Waals surface area contributed by atoms with Gasteiger partial charge in [-0.15, -0.1) is 0 Å². The van der Waals surface area contributed by atoms with E-state index in [9.17, 15) is 9.59 Å². The number of benzene rings is 3. The highest BCUT2D eigenvalue weighted by molar-refractivity contribution is 6.34. The molecule has 3 aromatic carbocycles. The maximum absolute atomic E-state index is 13.1. The Morgan fingerprint density at radius 2 is 1.66 bits per heavy atom. The third-order valence-electron chi connectivity index (χ3n) is 4.79. The Morgan fingerprint density at radius 3 is 2.31 bits per heavy atom. The van der Waals surface area contributed by atoms with Crippen molar-refractivity contribution in [2.45, 2.75) is 6.10 Å². The Bertz CT molecular complexity index is 1220. The van der Waals surface area contributed by atoms with E-state index in [0.717, 1.165) is 0 Å². The van der Waals surface area contributed by atoms with Gasteiger partial charge in [0.15, 0.2) is 12.0 Å². The zero-order valence-electron chi connectivity index (χ0n) is 16.8. The fraction of sp³-hybridized carbons (Fsp3) is 0.0833. The van der Waals surface area contributed by atoms with Gasteiger partial charge in [0.25, 0.3) is 0 Å². The van der Waals surface area contributed by atoms with Gasteiger partial charge < -0.3 is 19.9 Å². The van der Waals surface area contributed by atoms with Crippen LogP contribution in [0.3, 0.4) is 0 Å². The van der Waals surface area contributed by atoms with E-state index in [4.69, 9.17) is 43.1 Å². The summed E-state index contributed by atoms with van der Waals surface area (Å²) in [6.45, 7) is 0. The first-order valence-corrected chi connectivity index (χ1v) is 10.2. The average molecular weight is 470 g/mol. The van der Waals surface area contributed by atoms with Gasteiger partial charge in [0.05, 0.1) is 18.2 Å². The minimum atomic E-state index is -0.860. The molecule has 0 saturated carbocycles. The SMILES string of the molecule is COc1cc(C(=O)Oc2cc(Cl)cc(Cl)c2)cc(C2=C(N)OC(c3ccccc3)C2=O)c1. The summed E-state index contributed by atoms with van der Waals surface area (Å²) in [5, 5.41) is 0.649. The molecule has 1 heterocycles. The first-order chi connectivity index (χ1) is 15.4. The molecule has 1 aliphatic rings. The van der Waals surface area contributed by atoms with Crippen LogP contribution in [0.25, 0.3) is 5.57 Å². The predicted molar refractivity (Wildman–Crippen MR) is 121 cm³/mol. The monoisotopic (exact) mass is 469 g/mol. The molecule has 0 aliphatic carbocycles. The second-order valence-corrected chi connectivity index (χ2v) is 7.83. The first-order valence-electron chi connectivity index (χ1n) is 9.49. The van der Waals surface area contributed by atoms with Crippen LogP contribution in [0.5, 0.6) is 11.5 Å². The lowest BCUT2D eigenvalue weighted by molar-refractivity contribution is -0.120. The van der Waals surface area contributed by atoms with Crippen molar-refractivity contribution in [1.29, 1.82) is 0 Å². The zero-order valence-corrected chi connectivity index (χ0v) is 18.3. The Hall–Kier alpha value is -3.48. The third kappa shape index (κ3) is 4.42. The molecule has 2 N–H and O–H groups in total. The van der Waals surface area contributed by atoms with Crippen LogP contribution in [0.15, 0.2) is 72.6 Å². The minimum absolute atomic E-state index is 0.0296. The van der Waals surface area contributed by atoms with Crippen molar-refractivity contribution in [3.05, 3.63) is 99.3 Å². The van der Waals surface area contributed by atoms with E-state index in [1.54, 1.807) is 18.2 Å². The molecule has 32 heavy (non-hydrogen) atoms. The summed E-state index contributed by atoms with van der Waals surface area (Å²) in [5.41, 5.74) is 7.42. The Kier molecular flexibility index (Phi) is 6.08. The highest BCUT2D eigenvalue weighted by atomic mass is 35.5. The second kappa shape index (κ2) is 8.94. The van der Waals surface area contributed by atoms with Crippen LogP contribution in [0.2, 0.25) is 10.0 Å². The number of esters is 1. The van der Waals surface area contributed by atoms with Crippen LogP contribution in [0, 0.1) is 0 Å². The number of ether oxygens (including phenoxy) is 3. The minimum Gasteiger partial charge on any atom is -0.497 e. The molecule has 3 aromatic rings. The summed E-state index contributed by atoms with van der Waals surface area (Å²) < 4.78 is 16.4. The Labute approximate surface area is 194 Å². The topological polar surface area (TPSA) is 87.8 Å². The normalized spacial score (nSPS) is 15.5. The van der Waals surface area contributed by atoms with E-state index in [1.165, 1.54) is 37.4 Å². The van der Waals surface area contributed by atoms with Gasteiger partial charge in [-0.05, 0) is 42.0 Å². The highest BCUT2D eigenvalue weighted by Crippen LogP contribution is 2.37. The molecule has 0 aromatic heterocycles. The van der Waals surface area contributed by atoms with Crippen molar-refractivity contribution in [3.63, 3.8) is 0 Å². The van der Waals surface area contributed by atoms with Crippen molar-refractivity contribution in [3.8, 4) is 11.5 Å². The van der Waals surface area contributed by atoms with Gasteiger partial charge in [-0.1, -0.05) is 53.5 Å². The van der Waals surface area contributed by atoms with Crippen molar-refractivity contribution in [1.82, 2.24) is 0 Å². The summed E-state index contributed by atoms with van der Waals surface area (Å²) >= 11 is 11.9. The van der Waals surface area contributed by atoms with Crippen molar-refractivity contribution in [2.24, 2.45) is 5.73 Å². The number of hydrogen-bond acceptors (Lipinski definition) is 6.